The SMILES string of the molecule is CCN(CC)C(=O)c1cc(NC(=O)CC(C)C)ccc1N(C)C. The average Bonchev–Trinajstić information content (AvgIpc) is 2.47. The molecule has 0 aliphatic rings. The van der Waals surface area contributed by atoms with Crippen LogP contribution in [0, 0.1) is 5.92 Å². The summed E-state index contributed by atoms with van der Waals surface area (Å²) in [4.78, 5) is 28.4. The maximum atomic E-state index is 12.7. The van der Waals surface area contributed by atoms with E-state index in [0.717, 1.165) is 5.69 Å². The molecular weight excluding hydrogens is 290 g/mol. The standard InChI is InChI=1S/C18H29N3O2/c1-7-21(8-2)18(23)15-12-14(9-10-16(15)20(5)6)19-17(22)11-13(3)4/h9-10,12-13H,7-8,11H2,1-6H3,(H,19,22). The smallest absolute Gasteiger partial charge is 0.256 e. The van der Waals surface area contributed by atoms with E-state index >= 15 is 0 Å². The zero-order valence-corrected chi connectivity index (χ0v) is 15.1. The van der Waals surface area contributed by atoms with Gasteiger partial charge in [-0.2, -0.15) is 0 Å². The summed E-state index contributed by atoms with van der Waals surface area (Å²) in [6.45, 7) is 9.25. The highest BCUT2D eigenvalue weighted by Gasteiger charge is 2.19. The zero-order valence-electron chi connectivity index (χ0n) is 15.1. The minimum Gasteiger partial charge on any atom is -0.377 e. The highest BCUT2D eigenvalue weighted by Crippen LogP contribution is 2.24. The van der Waals surface area contributed by atoms with Crippen molar-refractivity contribution in [3.05, 3.63) is 23.8 Å². The van der Waals surface area contributed by atoms with Gasteiger partial charge in [0, 0.05) is 45.0 Å². The Morgan fingerprint density at radius 1 is 1.13 bits per heavy atom. The van der Waals surface area contributed by atoms with Crippen molar-refractivity contribution in [3.63, 3.8) is 0 Å². The first-order valence-corrected chi connectivity index (χ1v) is 8.20. The average molecular weight is 319 g/mol. The van der Waals surface area contributed by atoms with E-state index in [1.807, 2.05) is 58.8 Å². The van der Waals surface area contributed by atoms with Crippen molar-refractivity contribution in [2.24, 2.45) is 5.92 Å². The fourth-order valence-corrected chi connectivity index (χ4v) is 2.44. The fourth-order valence-electron chi connectivity index (χ4n) is 2.44. The van der Waals surface area contributed by atoms with Gasteiger partial charge in [0.15, 0.2) is 0 Å². The molecule has 5 heteroatoms. The van der Waals surface area contributed by atoms with Crippen molar-refractivity contribution in [2.75, 3.05) is 37.4 Å². The lowest BCUT2D eigenvalue weighted by Gasteiger charge is -2.23. The highest BCUT2D eigenvalue weighted by molar-refractivity contribution is 6.02. The van der Waals surface area contributed by atoms with E-state index in [2.05, 4.69) is 5.32 Å². The van der Waals surface area contributed by atoms with Crippen LogP contribution < -0.4 is 10.2 Å². The third kappa shape index (κ3) is 5.27. The number of carbonyl (C=O) groups excluding carboxylic acids is 2. The van der Waals surface area contributed by atoms with Crippen LogP contribution in [0.3, 0.4) is 0 Å². The fraction of sp³-hybridized carbons (Fsp3) is 0.556. The Kier molecular flexibility index (Phi) is 7.07. The predicted octanol–water partition coefficient (Wildman–Crippen LogP) is 3.22. The van der Waals surface area contributed by atoms with Crippen molar-refractivity contribution >= 4 is 23.2 Å². The Morgan fingerprint density at radius 2 is 1.74 bits per heavy atom. The van der Waals surface area contributed by atoms with Crippen molar-refractivity contribution in [1.82, 2.24) is 4.90 Å². The van der Waals surface area contributed by atoms with Crippen LogP contribution in [0.15, 0.2) is 18.2 Å². The molecule has 23 heavy (non-hydrogen) atoms. The number of nitrogens with zero attached hydrogens (tertiary/aromatic N) is 2. The van der Waals surface area contributed by atoms with Crippen LogP contribution in [0.5, 0.6) is 0 Å². The molecule has 0 saturated carbocycles. The Balaban J connectivity index is 3.12. The van der Waals surface area contributed by atoms with Gasteiger partial charge in [-0.05, 0) is 38.0 Å². The first-order chi connectivity index (χ1) is 10.8. The quantitative estimate of drug-likeness (QED) is 0.839. The maximum absolute atomic E-state index is 12.7. The molecular formula is C18H29N3O2. The van der Waals surface area contributed by atoms with Gasteiger partial charge in [-0.1, -0.05) is 13.8 Å². The summed E-state index contributed by atoms with van der Waals surface area (Å²) in [5.41, 5.74) is 2.13. The molecule has 0 aromatic heterocycles. The lowest BCUT2D eigenvalue weighted by molar-refractivity contribution is -0.116. The van der Waals surface area contributed by atoms with E-state index in [9.17, 15) is 9.59 Å². The zero-order chi connectivity index (χ0) is 17.6. The minimum absolute atomic E-state index is 0.0151. The lowest BCUT2D eigenvalue weighted by atomic mass is 10.1. The number of amides is 2. The number of rotatable bonds is 7. The van der Waals surface area contributed by atoms with Gasteiger partial charge in [0.25, 0.3) is 5.91 Å². The van der Waals surface area contributed by atoms with E-state index in [1.54, 1.807) is 11.0 Å². The first-order valence-electron chi connectivity index (χ1n) is 8.20. The second-order valence-corrected chi connectivity index (χ2v) is 6.25. The molecule has 5 nitrogen and oxygen atoms in total. The molecule has 0 fully saturated rings. The molecule has 1 aromatic carbocycles. The normalized spacial score (nSPS) is 10.6. The van der Waals surface area contributed by atoms with Gasteiger partial charge in [0.1, 0.15) is 0 Å². The minimum atomic E-state index is -0.0289. The molecule has 128 valence electrons. The van der Waals surface area contributed by atoms with E-state index in [1.165, 1.54) is 0 Å². The number of carbonyl (C=O) groups is 2. The van der Waals surface area contributed by atoms with Gasteiger partial charge in [0.2, 0.25) is 5.91 Å². The molecule has 0 radical (unpaired) electrons. The van der Waals surface area contributed by atoms with Crippen LogP contribution in [0.2, 0.25) is 0 Å². The van der Waals surface area contributed by atoms with Gasteiger partial charge >= 0.3 is 0 Å². The first kappa shape index (κ1) is 19.0. The van der Waals surface area contributed by atoms with Gasteiger partial charge in [-0.25, -0.2) is 0 Å². The van der Waals surface area contributed by atoms with Gasteiger partial charge < -0.3 is 15.1 Å². The summed E-state index contributed by atoms with van der Waals surface area (Å²) in [5.74, 6) is 0.255. The molecule has 0 atom stereocenters. The highest BCUT2D eigenvalue weighted by atomic mass is 16.2. The second-order valence-electron chi connectivity index (χ2n) is 6.25. The number of anilines is 2. The summed E-state index contributed by atoms with van der Waals surface area (Å²) in [6, 6.07) is 5.49. The Morgan fingerprint density at radius 3 is 2.22 bits per heavy atom. The molecule has 1 aromatic rings. The molecule has 0 saturated heterocycles. The van der Waals surface area contributed by atoms with E-state index in [0.29, 0.717) is 36.7 Å². The number of hydrogen-bond donors (Lipinski definition) is 1. The molecule has 1 N–H and O–H groups in total. The van der Waals surface area contributed by atoms with Crippen molar-refractivity contribution in [2.45, 2.75) is 34.1 Å². The van der Waals surface area contributed by atoms with Crippen molar-refractivity contribution < 1.29 is 9.59 Å². The van der Waals surface area contributed by atoms with Crippen LogP contribution in [0.4, 0.5) is 11.4 Å². The van der Waals surface area contributed by atoms with Crippen LogP contribution >= 0.6 is 0 Å². The Hall–Kier alpha value is -2.04. The summed E-state index contributed by atoms with van der Waals surface area (Å²) in [7, 11) is 3.82. The second kappa shape index (κ2) is 8.56. The largest absolute Gasteiger partial charge is 0.377 e. The third-order valence-electron chi connectivity index (χ3n) is 3.64. The van der Waals surface area contributed by atoms with Crippen LogP contribution in [0.1, 0.15) is 44.5 Å². The molecule has 0 unspecified atom stereocenters. The van der Waals surface area contributed by atoms with E-state index in [-0.39, 0.29) is 11.8 Å². The molecule has 0 aliphatic heterocycles. The summed E-state index contributed by atoms with van der Waals surface area (Å²) in [5, 5.41) is 2.88. The van der Waals surface area contributed by atoms with Crippen molar-refractivity contribution in [1.29, 1.82) is 0 Å². The van der Waals surface area contributed by atoms with Gasteiger partial charge in [0.05, 0.1) is 5.56 Å². The molecule has 0 bridgehead atoms. The number of hydrogen-bond acceptors (Lipinski definition) is 3. The summed E-state index contributed by atoms with van der Waals surface area (Å²) in [6.07, 6.45) is 0.467. The molecule has 1 rings (SSSR count). The molecule has 0 spiro atoms. The van der Waals surface area contributed by atoms with Crippen LogP contribution in [-0.4, -0.2) is 43.9 Å². The summed E-state index contributed by atoms with van der Waals surface area (Å²) >= 11 is 0. The van der Waals surface area contributed by atoms with Crippen molar-refractivity contribution in [3.8, 4) is 0 Å². The van der Waals surface area contributed by atoms with E-state index < -0.39 is 0 Å². The topological polar surface area (TPSA) is 52.7 Å². The molecule has 2 amide bonds. The van der Waals surface area contributed by atoms with Gasteiger partial charge in [-0.15, -0.1) is 0 Å². The maximum Gasteiger partial charge on any atom is 0.256 e. The number of benzene rings is 1. The third-order valence-corrected chi connectivity index (χ3v) is 3.64. The van der Waals surface area contributed by atoms with E-state index in [4.69, 9.17) is 0 Å². The summed E-state index contributed by atoms with van der Waals surface area (Å²) < 4.78 is 0. The lowest BCUT2D eigenvalue weighted by Crippen LogP contribution is -2.31. The Labute approximate surface area is 139 Å². The van der Waals surface area contributed by atoms with Gasteiger partial charge in [-0.3, -0.25) is 9.59 Å². The molecule has 0 aliphatic carbocycles. The monoisotopic (exact) mass is 319 g/mol. The number of nitrogens with one attached hydrogen (secondary N) is 1. The predicted molar refractivity (Wildman–Crippen MR) is 96.1 cm³/mol. The van der Waals surface area contributed by atoms with Crippen LogP contribution in [-0.2, 0) is 4.79 Å². The Bertz CT molecular complexity index is 549. The van der Waals surface area contributed by atoms with Crippen LogP contribution in [0.25, 0.3) is 0 Å². The molecule has 0 heterocycles.